The summed E-state index contributed by atoms with van der Waals surface area (Å²) in [7, 11) is 0.915. The molecule has 0 spiro atoms. The van der Waals surface area contributed by atoms with Crippen molar-refractivity contribution in [3.05, 3.63) is 0 Å². The predicted molar refractivity (Wildman–Crippen MR) is 64.9 cm³/mol. The highest BCUT2D eigenvalue weighted by Crippen LogP contribution is 2.28. The van der Waals surface area contributed by atoms with Gasteiger partial charge in [-0.1, -0.05) is 19.4 Å². The van der Waals surface area contributed by atoms with Crippen LogP contribution in [0.2, 0.25) is 11.6 Å². The summed E-state index contributed by atoms with van der Waals surface area (Å²) in [5, 5.41) is 0. The average Bonchev–Trinajstić information content (AvgIpc) is 2.26. The topological polar surface area (TPSA) is 29.5 Å². The van der Waals surface area contributed by atoms with E-state index in [1.54, 1.807) is 0 Å². The van der Waals surface area contributed by atoms with Gasteiger partial charge in [0.05, 0.1) is 0 Å². The summed E-state index contributed by atoms with van der Waals surface area (Å²) in [6.07, 6.45) is 4.78. The average molecular weight is 239 g/mol. The fourth-order valence-electron chi connectivity index (χ4n) is 2.54. The molecule has 0 saturated carbocycles. The van der Waals surface area contributed by atoms with Gasteiger partial charge in [-0.2, -0.15) is 0 Å². The van der Waals surface area contributed by atoms with E-state index in [2.05, 4.69) is 13.8 Å². The van der Waals surface area contributed by atoms with Crippen LogP contribution in [0.25, 0.3) is 0 Å². The van der Waals surface area contributed by atoms with Gasteiger partial charge in [0, 0.05) is 28.5 Å². The zero-order valence-electron chi connectivity index (χ0n) is 10.2. The Morgan fingerprint density at radius 3 is 3.06 bits per heavy atom. The van der Waals surface area contributed by atoms with Crippen LogP contribution < -0.4 is 0 Å². The fourth-order valence-corrected chi connectivity index (χ4v) is 3.52. The first-order valence-electron chi connectivity index (χ1n) is 6.37. The van der Waals surface area contributed by atoms with E-state index in [-0.39, 0.29) is 12.2 Å². The molecule has 4 heteroatoms. The van der Waals surface area contributed by atoms with E-state index in [1.165, 1.54) is 12.8 Å². The van der Waals surface area contributed by atoms with Crippen molar-refractivity contribution in [2.24, 2.45) is 0 Å². The monoisotopic (exact) mass is 239 g/mol. The van der Waals surface area contributed by atoms with Crippen LogP contribution in [0.3, 0.4) is 0 Å². The van der Waals surface area contributed by atoms with Gasteiger partial charge < -0.3 is 9.64 Å². The first-order chi connectivity index (χ1) is 7.66. The van der Waals surface area contributed by atoms with Crippen molar-refractivity contribution in [3.63, 3.8) is 0 Å². The molecule has 0 bridgehead atoms. The molecule has 2 aliphatic heterocycles. The first kappa shape index (κ1) is 12.0. The molecule has 0 aromatic heterocycles. The van der Waals surface area contributed by atoms with E-state index in [0.717, 1.165) is 40.5 Å². The second kappa shape index (κ2) is 5.21. The van der Waals surface area contributed by atoms with Gasteiger partial charge in [0.25, 0.3) is 0 Å². The van der Waals surface area contributed by atoms with E-state index >= 15 is 0 Å². The Morgan fingerprint density at radius 1 is 1.50 bits per heavy atom. The van der Waals surface area contributed by atoms with Gasteiger partial charge in [0.1, 0.15) is 6.10 Å². The molecular weight excluding hydrogens is 218 g/mol. The highest BCUT2D eigenvalue weighted by Gasteiger charge is 2.36. The Labute approximate surface area is 100 Å². The van der Waals surface area contributed by atoms with Crippen molar-refractivity contribution in [2.75, 3.05) is 6.54 Å². The Morgan fingerprint density at radius 2 is 2.31 bits per heavy atom. The molecule has 3 nitrogen and oxygen atoms in total. The van der Waals surface area contributed by atoms with Crippen LogP contribution in [0.4, 0.5) is 4.79 Å². The Kier molecular flexibility index (Phi) is 3.89. The largest absolute Gasteiger partial charge is 0.446 e. The number of cyclic esters (lactones) is 1. The molecule has 0 N–H and O–H groups in total. The van der Waals surface area contributed by atoms with E-state index in [0.29, 0.717) is 6.04 Å². The summed E-state index contributed by atoms with van der Waals surface area (Å²) in [6, 6.07) is 1.53. The van der Waals surface area contributed by atoms with Crippen LogP contribution >= 0.6 is 0 Å². The molecule has 2 heterocycles. The third-order valence-corrected chi connectivity index (χ3v) is 4.93. The third-order valence-electron chi connectivity index (χ3n) is 3.42. The molecule has 2 atom stereocenters. The number of nitrogens with zero attached hydrogens (tertiary/aromatic N) is 1. The SMILES string of the molecule is CC(C)[Si]CC1CC2CCCCN2C(=O)O1. The van der Waals surface area contributed by atoms with E-state index in [9.17, 15) is 4.79 Å². The molecule has 90 valence electrons. The second-order valence-electron chi connectivity index (χ2n) is 5.15. The number of carbonyl (C=O) groups excluding carboxylic acids is 1. The minimum atomic E-state index is -0.0606. The number of hydrogen-bond donors (Lipinski definition) is 0. The maximum absolute atomic E-state index is 11.8. The number of carbonyl (C=O) groups is 1. The quantitative estimate of drug-likeness (QED) is 0.709. The Balaban J connectivity index is 1.87. The number of amides is 1. The van der Waals surface area contributed by atoms with Crippen molar-refractivity contribution in [1.29, 1.82) is 0 Å². The highest BCUT2D eigenvalue weighted by atomic mass is 28.2. The Hall–Kier alpha value is -0.513. The first-order valence-corrected chi connectivity index (χ1v) is 7.66. The summed E-state index contributed by atoms with van der Waals surface area (Å²) < 4.78 is 5.50. The van der Waals surface area contributed by atoms with Gasteiger partial charge in [-0.3, -0.25) is 0 Å². The highest BCUT2D eigenvalue weighted by molar-refractivity contribution is 6.37. The molecule has 2 saturated heterocycles. The van der Waals surface area contributed by atoms with Crippen LogP contribution in [0.1, 0.15) is 39.5 Å². The molecule has 0 aromatic rings. The smallest absolute Gasteiger partial charge is 0.410 e. The summed E-state index contributed by atoms with van der Waals surface area (Å²) in [5.41, 5.74) is 0.725. The van der Waals surface area contributed by atoms with E-state index in [4.69, 9.17) is 4.74 Å². The molecule has 1 amide bonds. The molecule has 16 heavy (non-hydrogen) atoms. The normalized spacial score (nSPS) is 30.2. The lowest BCUT2D eigenvalue weighted by molar-refractivity contribution is -0.00556. The molecule has 2 aliphatic rings. The maximum atomic E-state index is 11.8. The number of piperidine rings is 1. The zero-order valence-corrected chi connectivity index (χ0v) is 11.2. The minimum absolute atomic E-state index is 0.0606. The van der Waals surface area contributed by atoms with Gasteiger partial charge in [0.15, 0.2) is 0 Å². The molecule has 0 aliphatic carbocycles. The van der Waals surface area contributed by atoms with E-state index in [1.807, 2.05) is 4.90 Å². The summed E-state index contributed by atoms with van der Waals surface area (Å²) >= 11 is 0. The summed E-state index contributed by atoms with van der Waals surface area (Å²) in [6.45, 7) is 5.37. The maximum Gasteiger partial charge on any atom is 0.410 e. The third kappa shape index (κ3) is 2.78. The molecule has 2 radical (unpaired) electrons. The van der Waals surface area contributed by atoms with Crippen molar-refractivity contribution in [1.82, 2.24) is 4.90 Å². The molecule has 2 fully saturated rings. The second-order valence-corrected chi connectivity index (χ2v) is 7.12. The predicted octanol–water partition coefficient (Wildman–Crippen LogP) is 2.70. The van der Waals surface area contributed by atoms with Crippen molar-refractivity contribution >= 4 is 15.6 Å². The standard InChI is InChI=1S/C12H21NO2Si/c1-9(2)16-8-11-7-10-5-3-4-6-13(10)12(14)15-11/h9-11H,3-8H2,1-2H3. The van der Waals surface area contributed by atoms with Crippen molar-refractivity contribution < 1.29 is 9.53 Å². The molecule has 2 unspecified atom stereocenters. The lowest BCUT2D eigenvalue weighted by Gasteiger charge is -2.41. The minimum Gasteiger partial charge on any atom is -0.446 e. The number of rotatable bonds is 3. The van der Waals surface area contributed by atoms with Crippen LogP contribution in [-0.4, -0.2) is 39.2 Å². The Bertz CT molecular complexity index is 257. The summed E-state index contributed by atoms with van der Waals surface area (Å²) in [4.78, 5) is 13.7. The zero-order chi connectivity index (χ0) is 11.5. The van der Waals surface area contributed by atoms with Gasteiger partial charge in [0.2, 0.25) is 0 Å². The van der Waals surface area contributed by atoms with Crippen LogP contribution in [-0.2, 0) is 4.74 Å². The number of fused-ring (bicyclic) bond motifs is 1. The molecule has 0 aromatic carbocycles. The molecular formula is C12H21NO2Si. The number of ether oxygens (including phenoxy) is 1. The van der Waals surface area contributed by atoms with Gasteiger partial charge in [-0.15, -0.1) is 0 Å². The van der Waals surface area contributed by atoms with Crippen LogP contribution in [0.15, 0.2) is 0 Å². The van der Waals surface area contributed by atoms with Crippen molar-refractivity contribution in [2.45, 2.75) is 63.3 Å². The fraction of sp³-hybridized carbons (Fsp3) is 0.917. The van der Waals surface area contributed by atoms with Crippen LogP contribution in [0, 0.1) is 0 Å². The van der Waals surface area contributed by atoms with Crippen LogP contribution in [0.5, 0.6) is 0 Å². The lowest BCUT2D eigenvalue weighted by atomic mass is 9.96. The van der Waals surface area contributed by atoms with Gasteiger partial charge >= 0.3 is 6.09 Å². The number of hydrogen-bond acceptors (Lipinski definition) is 2. The van der Waals surface area contributed by atoms with Gasteiger partial charge in [-0.05, 0) is 25.3 Å². The lowest BCUT2D eigenvalue weighted by Crippen LogP contribution is -2.51. The van der Waals surface area contributed by atoms with Crippen molar-refractivity contribution in [3.8, 4) is 0 Å². The van der Waals surface area contributed by atoms with Gasteiger partial charge in [-0.25, -0.2) is 4.79 Å². The summed E-state index contributed by atoms with van der Waals surface area (Å²) in [5.74, 6) is 0. The molecule has 2 rings (SSSR count). The van der Waals surface area contributed by atoms with E-state index < -0.39 is 0 Å².